The lowest BCUT2D eigenvalue weighted by Crippen LogP contribution is -2.53. The molecule has 2 bridgehead atoms. The summed E-state index contributed by atoms with van der Waals surface area (Å²) in [5.41, 5.74) is 0.0451. The van der Waals surface area contributed by atoms with E-state index in [2.05, 4.69) is 14.4 Å². The van der Waals surface area contributed by atoms with E-state index in [1.54, 1.807) is 0 Å². The number of rotatable bonds is 13. The second kappa shape index (κ2) is 16.7. The van der Waals surface area contributed by atoms with Crippen LogP contribution in [0.25, 0.3) is 0 Å². The molecule has 3 fully saturated rings. The molecule has 1 aromatic heterocycles. The molecule has 1 N–H and O–H groups in total. The van der Waals surface area contributed by atoms with Gasteiger partial charge in [0.25, 0.3) is 0 Å². The van der Waals surface area contributed by atoms with Crippen LogP contribution in [0.15, 0.2) is 73.1 Å². The third kappa shape index (κ3) is 8.91. The number of alkyl halides is 4. The number of carboxylic acid groups (broad SMARTS) is 1. The van der Waals surface area contributed by atoms with E-state index in [-0.39, 0.29) is 62.4 Å². The highest BCUT2D eigenvalue weighted by Gasteiger charge is 2.38. The number of carbonyl (C=O) groups is 2. The van der Waals surface area contributed by atoms with Crippen molar-refractivity contribution in [3.8, 4) is 11.5 Å². The van der Waals surface area contributed by atoms with Crippen molar-refractivity contribution in [1.29, 1.82) is 0 Å². The van der Waals surface area contributed by atoms with E-state index in [0.717, 1.165) is 55.4 Å². The summed E-state index contributed by atoms with van der Waals surface area (Å²) in [6.07, 6.45) is 2.41. The Bertz CT molecular complexity index is 2000. The number of benzene rings is 3. The summed E-state index contributed by atoms with van der Waals surface area (Å²) in [6.45, 7) is -4.85. The highest BCUT2D eigenvalue weighted by molar-refractivity contribution is 6.35. The van der Waals surface area contributed by atoms with E-state index in [9.17, 15) is 37.5 Å². The second-order valence-electron chi connectivity index (χ2n) is 12.8. The fraction of sp³-hybridized carbons (Fsp3) is 0.324. The van der Waals surface area contributed by atoms with Crippen molar-refractivity contribution < 1.29 is 60.8 Å². The standard InChI is InChI=1S/C37H32Cl2F5N3O7/c38-27-17-46(51)18-28(39)26(27)15-24(22-6-8-31(52-35(41)42)32(14-22)53-36(43)44)25-13-20(5-7-23(25)34(48)49)16-47(30-4-2-1-3-29(30)40)37(50)54-33-19-45-11-9-21(33)10-12-45/h1-8,13-14,17-18,21,24,33,35-36H,9-12,15-16,19H2,(H-,48,49,51)/t24-,33+/m1/s1. The van der Waals surface area contributed by atoms with Crippen LogP contribution in [0.5, 0.6) is 11.5 Å². The normalized spacial score (nSPS) is 18.4. The molecule has 286 valence electrons. The highest BCUT2D eigenvalue weighted by Crippen LogP contribution is 2.40. The maximum absolute atomic E-state index is 15.3. The van der Waals surface area contributed by atoms with Crippen LogP contribution < -0.4 is 24.2 Å². The van der Waals surface area contributed by atoms with Gasteiger partial charge in [0.2, 0.25) is 12.4 Å². The van der Waals surface area contributed by atoms with Gasteiger partial charge in [-0.05, 0) is 79.2 Å². The molecule has 1 amide bonds. The zero-order valence-corrected chi connectivity index (χ0v) is 29.7. The van der Waals surface area contributed by atoms with Crippen LogP contribution in [0.2, 0.25) is 10.0 Å². The number of para-hydroxylation sites is 1. The molecule has 0 radical (unpaired) electrons. The van der Waals surface area contributed by atoms with Crippen molar-refractivity contribution >= 4 is 41.0 Å². The zero-order valence-electron chi connectivity index (χ0n) is 28.1. The third-order valence-corrected chi connectivity index (χ3v) is 10.2. The van der Waals surface area contributed by atoms with Gasteiger partial charge >= 0.3 is 19.3 Å². The number of fused-ring (bicyclic) bond motifs is 3. The smallest absolute Gasteiger partial charge is 0.415 e. The largest absolute Gasteiger partial charge is 0.545 e. The van der Waals surface area contributed by atoms with Crippen LogP contribution in [0, 0.1) is 11.7 Å². The van der Waals surface area contributed by atoms with Gasteiger partial charge in [-0.1, -0.05) is 59.6 Å². The minimum absolute atomic E-state index is 0.00914. The van der Waals surface area contributed by atoms with Crippen LogP contribution in [-0.4, -0.2) is 61.1 Å². The average Bonchev–Trinajstić information content (AvgIpc) is 3.11. The van der Waals surface area contributed by atoms with Gasteiger partial charge in [0.1, 0.15) is 22.0 Å². The molecule has 0 spiro atoms. The average molecular weight is 797 g/mol. The molecule has 0 aliphatic carbocycles. The first kappa shape index (κ1) is 38.9. The Morgan fingerprint density at radius 2 is 1.61 bits per heavy atom. The molecule has 17 heteroatoms. The number of hydrogen-bond donors (Lipinski definition) is 1. The number of pyridine rings is 1. The topological polar surface area (TPSA) is 115 Å². The number of amides is 1. The molecule has 7 rings (SSSR count). The van der Waals surface area contributed by atoms with E-state index in [1.807, 2.05) is 0 Å². The molecule has 54 heavy (non-hydrogen) atoms. The van der Waals surface area contributed by atoms with Gasteiger partial charge in [0.15, 0.2) is 11.5 Å². The Morgan fingerprint density at radius 3 is 2.22 bits per heavy atom. The summed E-state index contributed by atoms with van der Waals surface area (Å²) in [6, 6.07) is 12.7. The van der Waals surface area contributed by atoms with Crippen molar-refractivity contribution in [2.45, 2.75) is 51.1 Å². The maximum Gasteiger partial charge on any atom is 0.415 e. The number of aromatic nitrogens is 1. The zero-order chi connectivity index (χ0) is 38.7. The van der Waals surface area contributed by atoms with Crippen molar-refractivity contribution in [2.24, 2.45) is 5.92 Å². The molecule has 4 heterocycles. The van der Waals surface area contributed by atoms with E-state index in [0.29, 0.717) is 11.3 Å². The maximum atomic E-state index is 15.3. The number of carbonyl (C=O) groups excluding carboxylic acids is 2. The van der Waals surface area contributed by atoms with Crippen LogP contribution in [0.3, 0.4) is 0 Å². The first-order valence-electron chi connectivity index (χ1n) is 16.7. The SMILES string of the molecule is O=C([O-])c1ccc(CN(C(=O)O[C@H]2CN3CCC2CC3)c2ccccc2F)cc1[C@H](Cc1c(Cl)c[n+](O)cc1Cl)c1ccc(OC(F)F)c(OC(F)F)c1. The van der Waals surface area contributed by atoms with Crippen LogP contribution in [0.4, 0.5) is 32.4 Å². The van der Waals surface area contributed by atoms with E-state index in [1.165, 1.54) is 48.5 Å². The van der Waals surface area contributed by atoms with Crippen LogP contribution in [-0.2, 0) is 17.7 Å². The number of piperidine rings is 3. The van der Waals surface area contributed by atoms with Crippen molar-refractivity contribution in [1.82, 2.24) is 4.90 Å². The molecule has 0 unspecified atom stereocenters. The summed E-state index contributed by atoms with van der Waals surface area (Å²) in [5.74, 6) is -4.89. The molecule has 2 atom stereocenters. The fourth-order valence-corrected chi connectivity index (χ4v) is 7.60. The number of halogens is 7. The van der Waals surface area contributed by atoms with Crippen molar-refractivity contribution in [3.05, 3.63) is 117 Å². The van der Waals surface area contributed by atoms with Gasteiger partial charge in [-0.2, -0.15) is 17.6 Å². The molecule has 3 aromatic carbocycles. The predicted octanol–water partition coefficient (Wildman–Crippen LogP) is 6.84. The number of hydrogen-bond acceptors (Lipinski definition) is 8. The highest BCUT2D eigenvalue weighted by atomic mass is 35.5. The van der Waals surface area contributed by atoms with Gasteiger partial charge in [-0.15, -0.1) is 0 Å². The molecule has 3 saturated heterocycles. The number of carboxylic acids is 1. The summed E-state index contributed by atoms with van der Waals surface area (Å²) >= 11 is 12.9. The minimum Gasteiger partial charge on any atom is -0.545 e. The Labute approximate surface area is 315 Å². The third-order valence-electron chi connectivity index (χ3n) is 9.54. The molecule has 3 aliphatic rings. The van der Waals surface area contributed by atoms with E-state index < -0.39 is 54.6 Å². The van der Waals surface area contributed by atoms with Crippen LogP contribution >= 0.6 is 23.2 Å². The molecule has 3 aliphatic heterocycles. The van der Waals surface area contributed by atoms with E-state index in [4.69, 9.17) is 27.9 Å². The fourth-order valence-electron chi connectivity index (χ4n) is 6.99. The first-order valence-corrected chi connectivity index (χ1v) is 17.4. The summed E-state index contributed by atoms with van der Waals surface area (Å²) < 4.78 is 84.0. The molecular weight excluding hydrogens is 764 g/mol. The Morgan fingerprint density at radius 1 is 0.944 bits per heavy atom. The monoisotopic (exact) mass is 795 g/mol. The Balaban J connectivity index is 1.45. The van der Waals surface area contributed by atoms with E-state index >= 15 is 4.39 Å². The molecule has 0 saturated carbocycles. The van der Waals surface area contributed by atoms with Gasteiger partial charge in [-0.25, -0.2) is 9.18 Å². The lowest BCUT2D eigenvalue weighted by molar-refractivity contribution is -0.904. The predicted molar refractivity (Wildman–Crippen MR) is 182 cm³/mol. The van der Waals surface area contributed by atoms with Crippen molar-refractivity contribution in [2.75, 3.05) is 24.5 Å². The minimum atomic E-state index is -3.45. The molecule has 4 aromatic rings. The lowest BCUT2D eigenvalue weighted by Gasteiger charge is -2.44. The Hall–Kier alpha value is -4.86. The molecule has 10 nitrogen and oxygen atoms in total. The number of aromatic carboxylic acids is 1. The van der Waals surface area contributed by atoms with Gasteiger partial charge in [0.05, 0.1) is 18.2 Å². The number of ether oxygens (including phenoxy) is 3. The number of anilines is 1. The quantitative estimate of drug-likeness (QED) is 0.0890. The Kier molecular flexibility index (Phi) is 12.0. The lowest BCUT2D eigenvalue weighted by atomic mass is 9.82. The summed E-state index contributed by atoms with van der Waals surface area (Å²) in [4.78, 5) is 29.7. The second-order valence-corrected chi connectivity index (χ2v) is 13.7. The van der Waals surface area contributed by atoms with Gasteiger partial charge in [0, 0.05) is 28.3 Å². The van der Waals surface area contributed by atoms with Gasteiger partial charge in [-0.3, -0.25) is 15.0 Å². The van der Waals surface area contributed by atoms with Gasteiger partial charge < -0.3 is 24.1 Å². The first-order chi connectivity index (χ1) is 25.8. The van der Waals surface area contributed by atoms with Crippen LogP contribution in [0.1, 0.15) is 51.4 Å². The molecular formula is C37H32Cl2F5N3O7. The summed E-state index contributed by atoms with van der Waals surface area (Å²) in [5, 5.41) is 22.4. The van der Waals surface area contributed by atoms with Crippen molar-refractivity contribution in [3.63, 3.8) is 0 Å². The number of nitrogens with zero attached hydrogens (tertiary/aromatic N) is 3. The summed E-state index contributed by atoms with van der Waals surface area (Å²) in [7, 11) is 0.